The van der Waals surface area contributed by atoms with Crippen LogP contribution in [0.3, 0.4) is 0 Å². The lowest BCUT2D eigenvalue weighted by Crippen LogP contribution is -2.51. The normalized spacial score (nSPS) is 26.5. The van der Waals surface area contributed by atoms with E-state index in [9.17, 15) is 0 Å². The number of para-hydroxylation sites is 1. The Hall–Kier alpha value is -2.14. The summed E-state index contributed by atoms with van der Waals surface area (Å²) in [4.78, 5) is 2.37. The van der Waals surface area contributed by atoms with Gasteiger partial charge in [0.2, 0.25) is 0 Å². The smallest absolute Gasteiger partial charge is 0.151 e. The van der Waals surface area contributed by atoms with Crippen molar-refractivity contribution in [1.29, 1.82) is 0 Å². The molecule has 5 heteroatoms. The molecule has 5 nitrogen and oxygen atoms in total. The topological polar surface area (TPSA) is 50.3 Å². The van der Waals surface area contributed by atoms with E-state index < -0.39 is 0 Å². The number of fused-ring (bicyclic) bond motifs is 1. The molecule has 3 aliphatic rings. The number of nitrogens with zero attached hydrogens (tertiary/aromatic N) is 3. The van der Waals surface area contributed by atoms with E-state index in [0.717, 1.165) is 31.1 Å². The van der Waals surface area contributed by atoms with Gasteiger partial charge in [-0.05, 0) is 56.7 Å². The second-order valence-corrected chi connectivity index (χ2v) is 8.67. The predicted molar refractivity (Wildman–Crippen MR) is 111 cm³/mol. The summed E-state index contributed by atoms with van der Waals surface area (Å²) in [5.74, 6) is 2.08. The highest BCUT2D eigenvalue weighted by Crippen LogP contribution is 2.46. The van der Waals surface area contributed by atoms with Crippen LogP contribution in [0, 0.1) is 0 Å². The summed E-state index contributed by atoms with van der Waals surface area (Å²) in [6, 6.07) is 13.5. The van der Waals surface area contributed by atoms with Crippen LogP contribution in [0.15, 0.2) is 42.6 Å². The van der Waals surface area contributed by atoms with E-state index in [1.807, 2.05) is 6.07 Å². The van der Waals surface area contributed by atoms with Crippen LogP contribution < -0.4 is 15.0 Å². The Balaban J connectivity index is 1.34. The van der Waals surface area contributed by atoms with Gasteiger partial charge in [0.25, 0.3) is 0 Å². The van der Waals surface area contributed by atoms with Gasteiger partial charge in [0.05, 0.1) is 0 Å². The molecule has 2 atom stereocenters. The maximum atomic E-state index is 6.60. The number of nitrogens with one attached hydrogen (secondary N) is 1. The van der Waals surface area contributed by atoms with E-state index in [1.54, 1.807) is 6.20 Å². The molecule has 2 aliphatic heterocycles. The number of piperidine rings is 1. The predicted octanol–water partition coefficient (Wildman–Crippen LogP) is 4.26. The highest BCUT2D eigenvalue weighted by atomic mass is 16.5. The lowest BCUT2D eigenvalue weighted by Gasteiger charge is -2.46. The Bertz CT molecular complexity index is 790. The first kappa shape index (κ1) is 17.9. The number of ether oxygens (including phenoxy) is 1. The van der Waals surface area contributed by atoms with Gasteiger partial charge in [0.1, 0.15) is 11.4 Å². The average molecular weight is 379 g/mol. The van der Waals surface area contributed by atoms with Crippen LogP contribution in [-0.4, -0.2) is 34.9 Å². The van der Waals surface area contributed by atoms with Gasteiger partial charge in [-0.15, -0.1) is 5.10 Å². The minimum Gasteiger partial charge on any atom is -0.487 e. The van der Waals surface area contributed by atoms with Crippen molar-refractivity contribution >= 4 is 5.82 Å². The molecule has 5 rings (SSSR count). The second kappa shape index (κ2) is 7.70. The fourth-order valence-corrected chi connectivity index (χ4v) is 5.34. The SMILES string of the molecule is c1cnnc(N2CCCC(NC3CC4(CCCCC4)Oc4ccccc43)C2)c1. The van der Waals surface area contributed by atoms with Gasteiger partial charge in [0, 0.05) is 43.4 Å². The number of anilines is 1. The molecule has 148 valence electrons. The Morgan fingerprint density at radius 1 is 1.04 bits per heavy atom. The summed E-state index contributed by atoms with van der Waals surface area (Å²) < 4.78 is 6.60. The highest BCUT2D eigenvalue weighted by Gasteiger charge is 2.42. The van der Waals surface area contributed by atoms with Crippen LogP contribution in [0.25, 0.3) is 0 Å². The number of hydrogen-bond acceptors (Lipinski definition) is 5. The Morgan fingerprint density at radius 3 is 2.79 bits per heavy atom. The van der Waals surface area contributed by atoms with E-state index in [-0.39, 0.29) is 5.60 Å². The molecule has 0 bridgehead atoms. The number of hydrogen-bond donors (Lipinski definition) is 1. The van der Waals surface area contributed by atoms with Crippen LogP contribution in [0.5, 0.6) is 5.75 Å². The number of benzene rings is 1. The van der Waals surface area contributed by atoms with Crippen LogP contribution in [-0.2, 0) is 0 Å². The first-order chi connectivity index (χ1) is 13.8. The number of rotatable bonds is 3. The van der Waals surface area contributed by atoms with Crippen LogP contribution in [0.4, 0.5) is 5.82 Å². The van der Waals surface area contributed by atoms with E-state index >= 15 is 0 Å². The monoisotopic (exact) mass is 378 g/mol. The molecule has 1 saturated heterocycles. The van der Waals surface area contributed by atoms with Crippen LogP contribution in [0.1, 0.15) is 63.0 Å². The Kier molecular flexibility index (Phi) is 4.93. The molecule has 0 radical (unpaired) electrons. The third-order valence-electron chi connectivity index (χ3n) is 6.70. The van der Waals surface area contributed by atoms with E-state index in [1.165, 1.54) is 50.5 Å². The molecule has 2 fully saturated rings. The van der Waals surface area contributed by atoms with Crippen molar-refractivity contribution in [2.45, 2.75) is 69.1 Å². The summed E-state index contributed by atoms with van der Waals surface area (Å²) in [5.41, 5.74) is 1.36. The van der Waals surface area contributed by atoms with Crippen molar-refractivity contribution in [3.05, 3.63) is 48.2 Å². The standard InChI is InChI=1S/C23H30N4O/c1-4-12-23(13-5-1)16-20(19-9-2-3-10-21(19)28-23)25-18-8-7-15-27(17-18)22-11-6-14-24-26-22/h2-3,6,9-11,14,18,20,25H,1,4-5,7-8,12-13,15-17H2. The van der Waals surface area contributed by atoms with Gasteiger partial charge in [-0.3, -0.25) is 0 Å². The molecule has 1 aromatic carbocycles. The van der Waals surface area contributed by atoms with E-state index in [4.69, 9.17) is 4.74 Å². The van der Waals surface area contributed by atoms with Crippen molar-refractivity contribution in [2.75, 3.05) is 18.0 Å². The molecule has 1 saturated carbocycles. The Labute approximate surface area is 167 Å². The van der Waals surface area contributed by atoms with Gasteiger partial charge < -0.3 is 15.0 Å². The van der Waals surface area contributed by atoms with Crippen molar-refractivity contribution in [1.82, 2.24) is 15.5 Å². The second-order valence-electron chi connectivity index (χ2n) is 8.67. The maximum Gasteiger partial charge on any atom is 0.151 e. The van der Waals surface area contributed by atoms with E-state index in [2.05, 4.69) is 50.7 Å². The van der Waals surface area contributed by atoms with Crippen molar-refractivity contribution in [3.63, 3.8) is 0 Å². The van der Waals surface area contributed by atoms with Gasteiger partial charge >= 0.3 is 0 Å². The Morgan fingerprint density at radius 2 is 1.93 bits per heavy atom. The van der Waals surface area contributed by atoms with Gasteiger partial charge in [-0.25, -0.2) is 0 Å². The summed E-state index contributed by atoms with van der Waals surface area (Å²) in [6.07, 6.45) is 11.5. The molecule has 2 aromatic rings. The molecule has 2 unspecified atom stereocenters. The first-order valence-corrected chi connectivity index (χ1v) is 10.9. The molecule has 1 aromatic heterocycles. The van der Waals surface area contributed by atoms with Crippen LogP contribution in [0.2, 0.25) is 0 Å². The molecule has 3 heterocycles. The van der Waals surface area contributed by atoms with Gasteiger partial charge in [0.15, 0.2) is 5.82 Å². The molecule has 1 spiro atoms. The summed E-state index contributed by atoms with van der Waals surface area (Å²) in [5, 5.41) is 12.4. The van der Waals surface area contributed by atoms with E-state index in [0.29, 0.717) is 12.1 Å². The molecule has 1 N–H and O–H groups in total. The third kappa shape index (κ3) is 3.60. The van der Waals surface area contributed by atoms with Crippen molar-refractivity contribution in [2.24, 2.45) is 0 Å². The van der Waals surface area contributed by atoms with Crippen molar-refractivity contribution in [3.8, 4) is 5.75 Å². The quantitative estimate of drug-likeness (QED) is 0.865. The molecule has 28 heavy (non-hydrogen) atoms. The first-order valence-electron chi connectivity index (χ1n) is 10.9. The lowest BCUT2D eigenvalue weighted by atomic mass is 9.77. The zero-order chi connectivity index (χ0) is 18.8. The van der Waals surface area contributed by atoms with Crippen LogP contribution >= 0.6 is 0 Å². The van der Waals surface area contributed by atoms with Gasteiger partial charge in [-0.1, -0.05) is 24.6 Å². The lowest BCUT2D eigenvalue weighted by molar-refractivity contribution is -0.00429. The maximum absolute atomic E-state index is 6.60. The third-order valence-corrected chi connectivity index (χ3v) is 6.70. The fraction of sp³-hybridized carbons (Fsp3) is 0.565. The fourth-order valence-electron chi connectivity index (χ4n) is 5.34. The van der Waals surface area contributed by atoms with Gasteiger partial charge in [-0.2, -0.15) is 5.10 Å². The summed E-state index contributed by atoms with van der Waals surface area (Å²) in [7, 11) is 0. The largest absolute Gasteiger partial charge is 0.487 e. The molecular weight excluding hydrogens is 348 g/mol. The molecule has 0 amide bonds. The van der Waals surface area contributed by atoms with Crippen molar-refractivity contribution < 1.29 is 4.74 Å². The minimum atomic E-state index is 0.0313. The zero-order valence-corrected chi connectivity index (χ0v) is 16.5. The zero-order valence-electron chi connectivity index (χ0n) is 16.5. The average Bonchev–Trinajstić information content (AvgIpc) is 2.75. The summed E-state index contributed by atoms with van der Waals surface area (Å²) >= 11 is 0. The summed E-state index contributed by atoms with van der Waals surface area (Å²) in [6.45, 7) is 2.05. The minimum absolute atomic E-state index is 0.0313. The highest BCUT2D eigenvalue weighted by molar-refractivity contribution is 5.40. The molecular formula is C23H30N4O. The molecule has 1 aliphatic carbocycles. The number of aromatic nitrogens is 2.